The third kappa shape index (κ3) is 4.23. The lowest BCUT2D eigenvalue weighted by molar-refractivity contribution is -0.120. The first-order valence-electron chi connectivity index (χ1n) is 9.68. The predicted octanol–water partition coefficient (Wildman–Crippen LogP) is 4.61. The Kier molecular flexibility index (Phi) is 5.85. The molecule has 4 rings (SSSR count). The van der Waals surface area contributed by atoms with Crippen LogP contribution in [0.15, 0.2) is 41.3 Å². The Balaban J connectivity index is 1.41. The summed E-state index contributed by atoms with van der Waals surface area (Å²) in [6, 6.07) is 10.5. The summed E-state index contributed by atoms with van der Waals surface area (Å²) in [6.45, 7) is 4.50. The number of benzene rings is 2. The Morgan fingerprint density at radius 3 is 2.50 bits per heavy atom. The Bertz CT molecular complexity index is 1200. The number of amides is 1. The molecule has 0 unspecified atom stereocenters. The van der Waals surface area contributed by atoms with Crippen LogP contribution in [0.2, 0.25) is 5.02 Å². The Morgan fingerprint density at radius 2 is 1.83 bits per heavy atom. The monoisotopic (exact) mass is 463 g/mol. The van der Waals surface area contributed by atoms with Gasteiger partial charge in [0, 0.05) is 24.0 Å². The van der Waals surface area contributed by atoms with Crippen LogP contribution in [-0.2, 0) is 14.8 Å². The molecule has 2 aromatic carbocycles. The molecule has 0 radical (unpaired) electrons. The molecule has 9 heteroatoms. The normalized spacial score (nSPS) is 16.1. The molecule has 0 aliphatic carbocycles. The zero-order valence-corrected chi connectivity index (χ0v) is 19.1. The summed E-state index contributed by atoms with van der Waals surface area (Å²) in [5, 5.41) is 4.08. The van der Waals surface area contributed by atoms with Crippen LogP contribution in [0.1, 0.15) is 24.0 Å². The smallest absolute Gasteiger partial charge is 0.243 e. The Morgan fingerprint density at radius 1 is 1.17 bits per heavy atom. The van der Waals surface area contributed by atoms with E-state index in [1.54, 1.807) is 24.3 Å². The standard InChI is InChI=1S/C21H22ClN3O3S2/c1-13-3-5-17(6-4-13)30(27,28)25-9-7-15(8-10-25)20(26)24-21-23-19-14(2)11-16(22)12-18(19)29-21/h3-6,11-12,15H,7-10H2,1-2H3,(H,23,24,26). The molecule has 6 nitrogen and oxygen atoms in total. The topological polar surface area (TPSA) is 79.4 Å². The number of halogens is 1. The fraction of sp³-hybridized carbons (Fsp3) is 0.333. The van der Waals surface area contributed by atoms with Crippen molar-refractivity contribution in [3.05, 3.63) is 52.5 Å². The quantitative estimate of drug-likeness (QED) is 0.612. The molecule has 0 spiro atoms. The van der Waals surface area contributed by atoms with Crippen molar-refractivity contribution in [1.29, 1.82) is 0 Å². The summed E-state index contributed by atoms with van der Waals surface area (Å²) in [5.41, 5.74) is 2.80. The van der Waals surface area contributed by atoms with Crippen molar-refractivity contribution < 1.29 is 13.2 Å². The van der Waals surface area contributed by atoms with Crippen molar-refractivity contribution in [1.82, 2.24) is 9.29 Å². The third-order valence-electron chi connectivity index (χ3n) is 5.36. The van der Waals surface area contributed by atoms with Crippen molar-refractivity contribution in [3.8, 4) is 0 Å². The molecule has 0 saturated carbocycles. The number of fused-ring (bicyclic) bond motifs is 1. The van der Waals surface area contributed by atoms with Gasteiger partial charge >= 0.3 is 0 Å². The molecule has 1 aliphatic heterocycles. The lowest BCUT2D eigenvalue weighted by Gasteiger charge is -2.30. The molecule has 1 N–H and O–H groups in total. The number of piperidine rings is 1. The van der Waals surface area contributed by atoms with Gasteiger partial charge in [-0.2, -0.15) is 4.31 Å². The van der Waals surface area contributed by atoms with Crippen LogP contribution in [-0.4, -0.2) is 36.7 Å². The maximum Gasteiger partial charge on any atom is 0.243 e. The van der Waals surface area contributed by atoms with Gasteiger partial charge in [0.15, 0.2) is 5.13 Å². The van der Waals surface area contributed by atoms with E-state index in [2.05, 4.69) is 10.3 Å². The van der Waals surface area contributed by atoms with E-state index in [1.165, 1.54) is 15.6 Å². The van der Waals surface area contributed by atoms with E-state index >= 15 is 0 Å². The molecule has 0 atom stereocenters. The number of carbonyl (C=O) groups is 1. The lowest BCUT2D eigenvalue weighted by atomic mass is 9.97. The molecule has 30 heavy (non-hydrogen) atoms. The van der Waals surface area contributed by atoms with Gasteiger partial charge in [-0.3, -0.25) is 4.79 Å². The molecule has 1 aromatic heterocycles. The average Bonchev–Trinajstić information content (AvgIpc) is 3.11. The second-order valence-electron chi connectivity index (χ2n) is 7.57. The minimum Gasteiger partial charge on any atom is -0.302 e. The van der Waals surface area contributed by atoms with Crippen molar-refractivity contribution in [2.45, 2.75) is 31.6 Å². The van der Waals surface area contributed by atoms with Gasteiger partial charge in [-0.15, -0.1) is 0 Å². The van der Waals surface area contributed by atoms with E-state index in [0.29, 0.717) is 41.0 Å². The fourth-order valence-corrected chi connectivity index (χ4v) is 6.43. The number of thiazole rings is 1. The van der Waals surface area contributed by atoms with Crippen LogP contribution in [0.5, 0.6) is 0 Å². The lowest BCUT2D eigenvalue weighted by Crippen LogP contribution is -2.41. The van der Waals surface area contributed by atoms with Crippen molar-refractivity contribution in [3.63, 3.8) is 0 Å². The van der Waals surface area contributed by atoms with Crippen LogP contribution < -0.4 is 5.32 Å². The summed E-state index contributed by atoms with van der Waals surface area (Å²) >= 11 is 7.49. The largest absolute Gasteiger partial charge is 0.302 e. The summed E-state index contributed by atoms with van der Waals surface area (Å²) < 4.78 is 28.1. The maximum atomic E-state index is 12.8. The van der Waals surface area contributed by atoms with Gasteiger partial charge in [0.05, 0.1) is 15.1 Å². The number of hydrogen-bond acceptors (Lipinski definition) is 5. The van der Waals surface area contributed by atoms with E-state index in [4.69, 9.17) is 11.6 Å². The van der Waals surface area contributed by atoms with Crippen LogP contribution in [0.4, 0.5) is 5.13 Å². The minimum absolute atomic E-state index is 0.120. The second-order valence-corrected chi connectivity index (χ2v) is 11.0. The molecule has 3 aromatic rings. The minimum atomic E-state index is -3.53. The maximum absolute atomic E-state index is 12.8. The zero-order valence-electron chi connectivity index (χ0n) is 16.7. The van der Waals surface area contributed by atoms with Crippen molar-refractivity contribution >= 4 is 54.2 Å². The highest BCUT2D eigenvalue weighted by molar-refractivity contribution is 7.89. The van der Waals surface area contributed by atoms with Gasteiger partial charge in [-0.25, -0.2) is 13.4 Å². The Hall–Kier alpha value is -2.00. The average molecular weight is 464 g/mol. The Labute approximate surface area is 184 Å². The number of aryl methyl sites for hydroxylation is 2. The molecule has 0 bridgehead atoms. The number of aromatic nitrogens is 1. The third-order valence-corrected chi connectivity index (χ3v) is 8.41. The van der Waals surface area contributed by atoms with E-state index < -0.39 is 10.0 Å². The van der Waals surface area contributed by atoms with E-state index in [1.807, 2.05) is 26.0 Å². The summed E-state index contributed by atoms with van der Waals surface area (Å²) in [5.74, 6) is -0.364. The van der Waals surface area contributed by atoms with Crippen LogP contribution >= 0.6 is 22.9 Å². The molecule has 1 saturated heterocycles. The molecule has 1 aliphatic rings. The van der Waals surface area contributed by atoms with Crippen molar-refractivity contribution in [2.24, 2.45) is 5.92 Å². The first-order chi connectivity index (χ1) is 14.2. The van der Waals surface area contributed by atoms with Gasteiger partial charge in [0.1, 0.15) is 0 Å². The van der Waals surface area contributed by atoms with Crippen LogP contribution in [0, 0.1) is 19.8 Å². The molecule has 1 amide bonds. The summed E-state index contributed by atoms with van der Waals surface area (Å²) in [7, 11) is -3.53. The highest BCUT2D eigenvalue weighted by Crippen LogP contribution is 2.32. The van der Waals surface area contributed by atoms with Crippen molar-refractivity contribution in [2.75, 3.05) is 18.4 Å². The van der Waals surface area contributed by atoms with Gasteiger partial charge < -0.3 is 5.32 Å². The van der Waals surface area contributed by atoms with E-state index in [9.17, 15) is 13.2 Å². The van der Waals surface area contributed by atoms with Gasteiger partial charge in [0.2, 0.25) is 15.9 Å². The zero-order chi connectivity index (χ0) is 21.5. The first kappa shape index (κ1) is 21.2. The van der Waals surface area contributed by atoms with E-state index in [0.717, 1.165) is 21.3 Å². The number of nitrogens with one attached hydrogen (secondary N) is 1. The molecule has 1 fully saturated rings. The molecule has 158 valence electrons. The number of sulfonamides is 1. The molecular weight excluding hydrogens is 442 g/mol. The van der Waals surface area contributed by atoms with Gasteiger partial charge in [0.25, 0.3) is 0 Å². The van der Waals surface area contributed by atoms with E-state index in [-0.39, 0.29) is 11.8 Å². The summed E-state index contributed by atoms with van der Waals surface area (Å²) in [6.07, 6.45) is 0.958. The molecular formula is C21H22ClN3O3S2. The highest BCUT2D eigenvalue weighted by Gasteiger charge is 2.32. The van der Waals surface area contributed by atoms with Gasteiger partial charge in [-0.1, -0.05) is 40.6 Å². The highest BCUT2D eigenvalue weighted by atomic mass is 35.5. The van der Waals surface area contributed by atoms with Crippen LogP contribution in [0.3, 0.4) is 0 Å². The summed E-state index contributed by atoms with van der Waals surface area (Å²) in [4.78, 5) is 17.5. The number of carbonyl (C=O) groups excluding carboxylic acids is 1. The SMILES string of the molecule is Cc1ccc(S(=O)(=O)N2CCC(C(=O)Nc3nc4c(C)cc(Cl)cc4s3)CC2)cc1. The number of nitrogens with zero attached hydrogens (tertiary/aromatic N) is 2. The number of anilines is 1. The first-order valence-corrected chi connectivity index (χ1v) is 12.3. The van der Waals surface area contributed by atoms with Crippen LogP contribution in [0.25, 0.3) is 10.2 Å². The second kappa shape index (κ2) is 8.26. The fourth-order valence-electron chi connectivity index (χ4n) is 3.63. The number of rotatable bonds is 4. The van der Waals surface area contributed by atoms with Gasteiger partial charge in [-0.05, 0) is 56.5 Å². The molecule has 2 heterocycles. The predicted molar refractivity (Wildman–Crippen MR) is 121 cm³/mol. The number of hydrogen-bond donors (Lipinski definition) is 1.